The predicted octanol–water partition coefficient (Wildman–Crippen LogP) is 2.49. The van der Waals surface area contributed by atoms with E-state index in [1.807, 2.05) is 0 Å². The van der Waals surface area contributed by atoms with Gasteiger partial charge in [-0.1, -0.05) is 23.2 Å². The second kappa shape index (κ2) is 8.60. The van der Waals surface area contributed by atoms with Crippen LogP contribution in [0, 0.1) is 0 Å². The van der Waals surface area contributed by atoms with Crippen molar-refractivity contribution in [2.24, 2.45) is 0 Å². The summed E-state index contributed by atoms with van der Waals surface area (Å²) in [5, 5.41) is 5.41. The summed E-state index contributed by atoms with van der Waals surface area (Å²) in [4.78, 5) is 35.7. The molecule has 1 saturated heterocycles. The van der Waals surface area contributed by atoms with Crippen LogP contribution in [0.15, 0.2) is 18.2 Å². The first-order valence-electron chi connectivity index (χ1n) is 7.24. The van der Waals surface area contributed by atoms with Crippen molar-refractivity contribution in [3.8, 4) is 0 Å². The van der Waals surface area contributed by atoms with Gasteiger partial charge in [0.25, 0.3) is 0 Å². The highest BCUT2D eigenvalue weighted by molar-refractivity contribution is 8.00. The largest absolute Gasteiger partial charge is 0.464 e. The maximum absolute atomic E-state index is 12.1. The quantitative estimate of drug-likeness (QED) is 0.754. The molecule has 0 bridgehead atoms. The van der Waals surface area contributed by atoms with Crippen LogP contribution in [0.4, 0.5) is 5.69 Å². The summed E-state index contributed by atoms with van der Waals surface area (Å²) in [6.07, 6.45) is -0.00765. The molecule has 1 heterocycles. The lowest BCUT2D eigenvalue weighted by atomic mass is 10.2. The summed E-state index contributed by atoms with van der Waals surface area (Å²) < 4.78 is 4.88. The number of carbonyl (C=O) groups excluding carboxylic acids is 3. The van der Waals surface area contributed by atoms with Crippen LogP contribution < -0.4 is 10.6 Å². The Bertz CT molecular complexity index is 656. The van der Waals surface area contributed by atoms with Crippen molar-refractivity contribution >= 4 is 58.4 Å². The molecule has 9 heteroatoms. The number of amides is 2. The molecule has 0 unspecified atom stereocenters. The number of benzene rings is 1. The van der Waals surface area contributed by atoms with Gasteiger partial charge < -0.3 is 15.4 Å². The van der Waals surface area contributed by atoms with Crippen molar-refractivity contribution in [1.82, 2.24) is 5.32 Å². The third-order valence-electron chi connectivity index (χ3n) is 3.22. The number of halogens is 2. The fourth-order valence-electron chi connectivity index (χ4n) is 2.07. The molecule has 1 fully saturated rings. The van der Waals surface area contributed by atoms with E-state index in [9.17, 15) is 14.4 Å². The minimum atomic E-state index is -0.670. The fraction of sp³-hybridized carbons (Fsp3) is 0.400. The maximum Gasteiger partial charge on any atom is 0.329 e. The van der Waals surface area contributed by atoms with Gasteiger partial charge in [0.15, 0.2) is 0 Å². The standard InChI is InChI=1S/C15H16Cl2N2O4S/c1-2-23-15(22)11-7-24-12(14(21)19-11)6-13(20)18-8-3-4-9(16)10(17)5-8/h3-5,11-12H,2,6-7H2,1H3,(H,18,20)(H,19,21)/t11-,12+/m1/s1. The van der Waals surface area contributed by atoms with E-state index in [4.69, 9.17) is 27.9 Å². The molecule has 2 rings (SSSR count). The number of nitrogens with one attached hydrogen (secondary N) is 2. The lowest BCUT2D eigenvalue weighted by Gasteiger charge is -2.27. The Morgan fingerprint density at radius 3 is 2.75 bits per heavy atom. The molecule has 1 aliphatic heterocycles. The van der Waals surface area contributed by atoms with Crippen LogP contribution in [0.5, 0.6) is 0 Å². The van der Waals surface area contributed by atoms with E-state index in [0.717, 1.165) is 0 Å². The Kier molecular flexibility index (Phi) is 6.77. The zero-order valence-corrected chi connectivity index (χ0v) is 15.1. The summed E-state index contributed by atoms with van der Waals surface area (Å²) in [5.74, 6) is -0.767. The SMILES string of the molecule is CCOC(=O)[C@H]1CS[C@@H](CC(=O)Nc2ccc(Cl)c(Cl)c2)C(=O)N1. The number of rotatable bonds is 5. The molecule has 0 aliphatic carbocycles. The fourth-order valence-corrected chi connectivity index (χ4v) is 3.50. The molecular formula is C15H16Cl2N2O4S. The lowest BCUT2D eigenvalue weighted by Crippen LogP contribution is -2.51. The number of hydrogen-bond donors (Lipinski definition) is 2. The van der Waals surface area contributed by atoms with Gasteiger partial charge in [0.05, 0.1) is 21.9 Å². The molecule has 24 heavy (non-hydrogen) atoms. The number of anilines is 1. The van der Waals surface area contributed by atoms with Crippen LogP contribution in [0.1, 0.15) is 13.3 Å². The zero-order chi connectivity index (χ0) is 17.7. The van der Waals surface area contributed by atoms with Crippen LogP contribution in [-0.2, 0) is 19.1 Å². The molecule has 130 valence electrons. The summed E-state index contributed by atoms with van der Waals surface area (Å²) in [5.41, 5.74) is 0.500. The molecule has 1 aromatic rings. The molecule has 2 N–H and O–H groups in total. The van der Waals surface area contributed by atoms with Gasteiger partial charge in [-0.05, 0) is 25.1 Å². The summed E-state index contributed by atoms with van der Waals surface area (Å²) >= 11 is 13.0. The van der Waals surface area contributed by atoms with Crippen molar-refractivity contribution in [2.45, 2.75) is 24.6 Å². The first kappa shape index (κ1) is 18.9. The predicted molar refractivity (Wildman–Crippen MR) is 94.5 cm³/mol. The number of hydrogen-bond acceptors (Lipinski definition) is 5. The van der Waals surface area contributed by atoms with E-state index in [1.54, 1.807) is 19.1 Å². The van der Waals surface area contributed by atoms with Gasteiger partial charge >= 0.3 is 5.97 Å². The van der Waals surface area contributed by atoms with E-state index in [0.29, 0.717) is 21.5 Å². The smallest absolute Gasteiger partial charge is 0.329 e. The van der Waals surface area contributed by atoms with Crippen LogP contribution in [0.3, 0.4) is 0 Å². The van der Waals surface area contributed by atoms with Gasteiger partial charge in [-0.3, -0.25) is 9.59 Å². The normalized spacial score (nSPS) is 20.2. The Morgan fingerprint density at radius 1 is 1.38 bits per heavy atom. The van der Waals surface area contributed by atoms with E-state index < -0.39 is 17.3 Å². The third kappa shape index (κ3) is 5.03. The highest BCUT2D eigenvalue weighted by Gasteiger charge is 2.34. The first-order valence-corrected chi connectivity index (χ1v) is 9.04. The summed E-state index contributed by atoms with van der Waals surface area (Å²) in [6, 6.07) is 4.06. The van der Waals surface area contributed by atoms with Gasteiger partial charge in [-0.25, -0.2) is 4.79 Å². The molecule has 6 nitrogen and oxygen atoms in total. The van der Waals surface area contributed by atoms with Crippen LogP contribution in [-0.4, -0.2) is 41.4 Å². The molecule has 0 saturated carbocycles. The van der Waals surface area contributed by atoms with E-state index >= 15 is 0 Å². The molecule has 2 atom stereocenters. The van der Waals surface area contributed by atoms with Gasteiger partial charge in [-0.15, -0.1) is 11.8 Å². The first-order chi connectivity index (χ1) is 11.4. The van der Waals surface area contributed by atoms with Crippen molar-refractivity contribution < 1.29 is 19.1 Å². The van der Waals surface area contributed by atoms with Gasteiger partial charge in [0.1, 0.15) is 6.04 Å². The minimum Gasteiger partial charge on any atom is -0.464 e. The maximum atomic E-state index is 12.1. The zero-order valence-electron chi connectivity index (χ0n) is 12.8. The van der Waals surface area contributed by atoms with E-state index in [2.05, 4.69) is 10.6 Å². The average Bonchev–Trinajstić information content (AvgIpc) is 2.53. The third-order valence-corrected chi connectivity index (χ3v) is 5.27. The topological polar surface area (TPSA) is 84.5 Å². The second-order valence-electron chi connectivity index (χ2n) is 5.02. The molecule has 1 aromatic carbocycles. The van der Waals surface area contributed by atoms with E-state index in [-0.39, 0.29) is 24.8 Å². The Labute approximate surface area is 153 Å². The van der Waals surface area contributed by atoms with Crippen molar-refractivity contribution in [2.75, 3.05) is 17.7 Å². The van der Waals surface area contributed by atoms with Crippen LogP contribution in [0.2, 0.25) is 10.0 Å². The average molecular weight is 391 g/mol. The molecule has 0 spiro atoms. The molecule has 0 aromatic heterocycles. The van der Waals surface area contributed by atoms with Gasteiger partial charge in [0, 0.05) is 17.9 Å². The molecule has 0 radical (unpaired) electrons. The number of ether oxygens (including phenoxy) is 1. The van der Waals surface area contributed by atoms with Crippen molar-refractivity contribution in [3.63, 3.8) is 0 Å². The van der Waals surface area contributed by atoms with Crippen LogP contribution >= 0.6 is 35.0 Å². The Balaban J connectivity index is 1.87. The Morgan fingerprint density at radius 2 is 2.12 bits per heavy atom. The van der Waals surface area contributed by atoms with Gasteiger partial charge in [-0.2, -0.15) is 0 Å². The highest BCUT2D eigenvalue weighted by atomic mass is 35.5. The summed E-state index contributed by atoms with van der Waals surface area (Å²) in [7, 11) is 0. The number of carbonyl (C=O) groups is 3. The monoisotopic (exact) mass is 390 g/mol. The second-order valence-corrected chi connectivity index (χ2v) is 7.07. The van der Waals surface area contributed by atoms with E-state index in [1.165, 1.54) is 17.8 Å². The Hall–Kier alpha value is -1.44. The number of thioether (sulfide) groups is 1. The van der Waals surface area contributed by atoms with Crippen molar-refractivity contribution in [1.29, 1.82) is 0 Å². The van der Waals surface area contributed by atoms with Crippen molar-refractivity contribution in [3.05, 3.63) is 28.2 Å². The molecule has 2 amide bonds. The highest BCUT2D eigenvalue weighted by Crippen LogP contribution is 2.26. The van der Waals surface area contributed by atoms with Gasteiger partial charge in [0.2, 0.25) is 11.8 Å². The number of esters is 1. The molecule has 1 aliphatic rings. The minimum absolute atomic E-state index is 0.00765. The van der Waals surface area contributed by atoms with Crippen LogP contribution in [0.25, 0.3) is 0 Å². The lowest BCUT2D eigenvalue weighted by molar-refractivity contribution is -0.146. The molecular weight excluding hydrogens is 375 g/mol. The summed E-state index contributed by atoms with van der Waals surface area (Å²) in [6.45, 7) is 1.96.